The van der Waals surface area contributed by atoms with Gasteiger partial charge in [-0.05, 0) is 29.0 Å². The molecule has 0 heterocycles. The highest BCUT2D eigenvalue weighted by Gasteiger charge is 2.10. The summed E-state index contributed by atoms with van der Waals surface area (Å²) in [6, 6.07) is 14.0. The maximum Gasteiger partial charge on any atom is 0.373 e. The molecule has 1 unspecified atom stereocenters. The van der Waals surface area contributed by atoms with E-state index in [1.54, 1.807) is 6.66 Å². The van der Waals surface area contributed by atoms with E-state index in [1.807, 2.05) is 36.4 Å². The lowest BCUT2D eigenvalue weighted by Gasteiger charge is -1.94. The fourth-order valence-electron chi connectivity index (χ4n) is 1.37. The van der Waals surface area contributed by atoms with E-state index < -0.39 is 7.80 Å². The molecule has 0 aliphatic heterocycles. The third kappa shape index (κ3) is 1.61. The van der Waals surface area contributed by atoms with Gasteiger partial charge in [0.25, 0.3) is 0 Å². The molecule has 2 aromatic rings. The van der Waals surface area contributed by atoms with Crippen LogP contribution in [0.5, 0.6) is 0 Å². The molecule has 0 saturated heterocycles. The zero-order valence-corrected chi connectivity index (χ0v) is 8.29. The Morgan fingerprint density at radius 2 is 1.69 bits per heavy atom. The Bertz CT molecular complexity index is 462. The molecule has 0 aliphatic carbocycles. The summed E-state index contributed by atoms with van der Waals surface area (Å²) < 4.78 is 11.2. The molecule has 2 aromatic carbocycles. The zero-order chi connectivity index (χ0) is 9.26. The molecular weight excluding hydrogens is 179 g/mol. The minimum atomic E-state index is -1.22. The summed E-state index contributed by atoms with van der Waals surface area (Å²) in [5.74, 6) is 0. The van der Waals surface area contributed by atoms with E-state index in [0.717, 1.165) is 10.7 Å². The molecule has 0 bridgehead atoms. The predicted molar refractivity (Wildman–Crippen MR) is 57.1 cm³/mol. The summed E-state index contributed by atoms with van der Waals surface area (Å²) in [5, 5.41) is 3.28. The smallest absolute Gasteiger partial charge is 0.0684 e. The summed E-state index contributed by atoms with van der Waals surface area (Å²) in [7, 11) is -1.22. The first-order valence-electron chi connectivity index (χ1n) is 4.17. The zero-order valence-electron chi connectivity index (χ0n) is 7.40. The quantitative estimate of drug-likeness (QED) is 0.630. The Balaban J connectivity index is 2.69. The molecule has 0 spiro atoms. The van der Waals surface area contributed by atoms with Gasteiger partial charge in [-0.2, -0.15) is 0 Å². The highest BCUT2D eigenvalue weighted by atomic mass is 31.1. The maximum absolute atomic E-state index is 11.2. The second-order valence-electron chi connectivity index (χ2n) is 3.03. The molecule has 64 valence electrons. The van der Waals surface area contributed by atoms with Crippen molar-refractivity contribution in [1.82, 2.24) is 0 Å². The van der Waals surface area contributed by atoms with Crippen LogP contribution in [0.15, 0.2) is 42.5 Å². The Hall–Kier alpha value is -1.20. The second-order valence-corrected chi connectivity index (χ2v) is 4.54. The van der Waals surface area contributed by atoms with Crippen LogP contribution in [0.25, 0.3) is 10.8 Å². The third-order valence-electron chi connectivity index (χ3n) is 2.10. The van der Waals surface area contributed by atoms with Gasteiger partial charge in [0.15, 0.2) is 5.30 Å². The standard InChI is InChI=1S/C11H10OP/c1-13(12)11-7-6-9-4-2-3-5-10(9)8-11/h2-8H,1H3/q+1. The lowest BCUT2D eigenvalue weighted by molar-refractivity contribution is 0.596. The highest BCUT2D eigenvalue weighted by molar-refractivity contribution is 7.52. The Labute approximate surface area is 78.2 Å². The fraction of sp³-hybridized carbons (Fsp3) is 0.0909. The van der Waals surface area contributed by atoms with Gasteiger partial charge < -0.3 is 0 Å². The summed E-state index contributed by atoms with van der Waals surface area (Å²) in [5.41, 5.74) is 0. The Morgan fingerprint density at radius 1 is 1.00 bits per heavy atom. The molecule has 0 amide bonds. The molecule has 2 rings (SSSR count). The average Bonchev–Trinajstić information content (AvgIpc) is 2.17. The lowest BCUT2D eigenvalue weighted by Crippen LogP contribution is -1.93. The van der Waals surface area contributed by atoms with Crippen molar-refractivity contribution in [3.8, 4) is 0 Å². The molecule has 0 fully saturated rings. The second kappa shape index (κ2) is 3.27. The van der Waals surface area contributed by atoms with Crippen LogP contribution in [0.4, 0.5) is 0 Å². The van der Waals surface area contributed by atoms with Gasteiger partial charge in [0.1, 0.15) is 6.66 Å². The number of rotatable bonds is 1. The van der Waals surface area contributed by atoms with Crippen molar-refractivity contribution in [3.63, 3.8) is 0 Å². The van der Waals surface area contributed by atoms with E-state index in [2.05, 4.69) is 6.07 Å². The van der Waals surface area contributed by atoms with Gasteiger partial charge in [-0.1, -0.05) is 28.8 Å². The van der Waals surface area contributed by atoms with Gasteiger partial charge in [-0.3, -0.25) is 0 Å². The first-order valence-corrected chi connectivity index (χ1v) is 5.88. The van der Waals surface area contributed by atoms with Gasteiger partial charge in [-0.25, -0.2) is 0 Å². The van der Waals surface area contributed by atoms with Gasteiger partial charge in [0.2, 0.25) is 0 Å². The van der Waals surface area contributed by atoms with Crippen LogP contribution in [0.1, 0.15) is 0 Å². The molecule has 1 atom stereocenters. The molecule has 0 radical (unpaired) electrons. The molecule has 13 heavy (non-hydrogen) atoms. The van der Waals surface area contributed by atoms with Crippen molar-refractivity contribution in [1.29, 1.82) is 0 Å². The minimum absolute atomic E-state index is 0.925. The summed E-state index contributed by atoms with van der Waals surface area (Å²) >= 11 is 0. The Morgan fingerprint density at radius 3 is 2.38 bits per heavy atom. The van der Waals surface area contributed by atoms with Crippen LogP contribution < -0.4 is 5.30 Å². The fourth-order valence-corrected chi connectivity index (χ4v) is 1.98. The van der Waals surface area contributed by atoms with Crippen LogP contribution in [0.3, 0.4) is 0 Å². The number of benzene rings is 2. The normalized spacial score (nSPS) is 11.6. The topological polar surface area (TPSA) is 17.1 Å². The molecule has 2 heteroatoms. The number of fused-ring (bicyclic) bond motifs is 1. The van der Waals surface area contributed by atoms with Crippen molar-refractivity contribution in [3.05, 3.63) is 42.5 Å². The van der Waals surface area contributed by atoms with Crippen LogP contribution >= 0.6 is 7.80 Å². The van der Waals surface area contributed by atoms with E-state index >= 15 is 0 Å². The maximum atomic E-state index is 11.2. The minimum Gasteiger partial charge on any atom is -0.0684 e. The van der Waals surface area contributed by atoms with Gasteiger partial charge in [0, 0.05) is 0 Å². The van der Waals surface area contributed by atoms with Crippen LogP contribution in [0.2, 0.25) is 0 Å². The van der Waals surface area contributed by atoms with Crippen molar-refractivity contribution in [2.75, 3.05) is 6.66 Å². The monoisotopic (exact) mass is 189 g/mol. The molecular formula is C11H10OP+. The third-order valence-corrected chi connectivity index (χ3v) is 3.10. The van der Waals surface area contributed by atoms with E-state index in [-0.39, 0.29) is 0 Å². The van der Waals surface area contributed by atoms with Crippen molar-refractivity contribution in [2.45, 2.75) is 0 Å². The highest BCUT2D eigenvalue weighted by Crippen LogP contribution is 2.18. The predicted octanol–water partition coefficient (Wildman–Crippen LogP) is 2.92. The summed E-state index contributed by atoms with van der Waals surface area (Å²) in [6.45, 7) is 1.74. The molecule has 0 aliphatic rings. The van der Waals surface area contributed by atoms with Crippen molar-refractivity contribution in [2.24, 2.45) is 0 Å². The van der Waals surface area contributed by atoms with Crippen molar-refractivity contribution >= 4 is 23.9 Å². The van der Waals surface area contributed by atoms with E-state index in [1.165, 1.54) is 5.39 Å². The molecule has 0 aromatic heterocycles. The van der Waals surface area contributed by atoms with E-state index in [0.29, 0.717) is 0 Å². The molecule has 1 nitrogen and oxygen atoms in total. The lowest BCUT2D eigenvalue weighted by atomic mass is 10.1. The SMILES string of the molecule is C[P+](=O)c1ccc2ccccc2c1. The Kier molecular flexibility index (Phi) is 2.12. The van der Waals surface area contributed by atoms with Crippen molar-refractivity contribution < 1.29 is 4.57 Å². The van der Waals surface area contributed by atoms with E-state index in [4.69, 9.17) is 0 Å². The van der Waals surface area contributed by atoms with E-state index in [9.17, 15) is 4.57 Å². The first kappa shape index (κ1) is 8.40. The number of hydrogen-bond donors (Lipinski definition) is 0. The van der Waals surface area contributed by atoms with Crippen LogP contribution in [0, 0.1) is 0 Å². The van der Waals surface area contributed by atoms with Crippen LogP contribution in [-0.4, -0.2) is 6.66 Å². The van der Waals surface area contributed by atoms with Gasteiger partial charge in [0.05, 0.1) is 0 Å². The van der Waals surface area contributed by atoms with Gasteiger partial charge in [-0.15, -0.1) is 0 Å². The molecule has 0 saturated carbocycles. The first-order chi connectivity index (χ1) is 6.27. The largest absolute Gasteiger partial charge is 0.373 e. The summed E-state index contributed by atoms with van der Waals surface area (Å²) in [6.07, 6.45) is 0. The average molecular weight is 189 g/mol. The number of hydrogen-bond acceptors (Lipinski definition) is 1. The van der Waals surface area contributed by atoms with Gasteiger partial charge >= 0.3 is 7.80 Å². The van der Waals surface area contributed by atoms with Crippen LogP contribution in [-0.2, 0) is 4.57 Å². The summed E-state index contributed by atoms with van der Waals surface area (Å²) in [4.78, 5) is 0. The molecule has 0 N–H and O–H groups in total.